The average molecular weight is 305 g/mol. The second kappa shape index (κ2) is 5.10. The van der Waals surface area contributed by atoms with E-state index in [0.717, 1.165) is 10.4 Å². The minimum atomic E-state index is -4.22. The fourth-order valence-electron chi connectivity index (χ4n) is 2.11. The molecular weight excluding hydrogens is 292 g/mol. The molecule has 2 rings (SSSR count). The third-order valence-corrected chi connectivity index (χ3v) is 5.21. The number of hydrogen-bond donors (Lipinski definition) is 1. The van der Waals surface area contributed by atoms with E-state index in [1.165, 1.54) is 6.92 Å². The Kier molecular flexibility index (Phi) is 3.79. The van der Waals surface area contributed by atoms with Crippen LogP contribution in [0.1, 0.15) is 12.0 Å². The SMILES string of the molecule is Cc1cc(F)c(S(=O)(=O)N2CCC(C(=O)O)C2)cc1F. The highest BCUT2D eigenvalue weighted by molar-refractivity contribution is 7.89. The van der Waals surface area contributed by atoms with Crippen LogP contribution in [0.5, 0.6) is 0 Å². The van der Waals surface area contributed by atoms with E-state index in [4.69, 9.17) is 5.11 Å². The quantitative estimate of drug-likeness (QED) is 0.915. The standard InChI is InChI=1S/C12H13F2NO4S/c1-7-4-10(14)11(5-9(7)13)20(18,19)15-3-2-8(6-15)12(16)17/h4-5,8H,2-3,6H2,1H3,(H,16,17). The van der Waals surface area contributed by atoms with E-state index in [9.17, 15) is 22.0 Å². The first-order valence-corrected chi connectivity index (χ1v) is 7.36. The highest BCUT2D eigenvalue weighted by Gasteiger charge is 2.37. The van der Waals surface area contributed by atoms with Crippen LogP contribution in [-0.4, -0.2) is 36.9 Å². The summed E-state index contributed by atoms with van der Waals surface area (Å²) in [4.78, 5) is 10.1. The van der Waals surface area contributed by atoms with E-state index < -0.39 is 38.4 Å². The normalized spacial score (nSPS) is 20.2. The van der Waals surface area contributed by atoms with Crippen molar-refractivity contribution in [3.05, 3.63) is 29.3 Å². The number of carbonyl (C=O) groups is 1. The Morgan fingerprint density at radius 3 is 2.55 bits per heavy atom. The van der Waals surface area contributed by atoms with Gasteiger partial charge in [-0.25, -0.2) is 17.2 Å². The number of aryl methyl sites for hydroxylation is 1. The Balaban J connectivity index is 2.37. The van der Waals surface area contributed by atoms with E-state index in [2.05, 4.69) is 0 Å². The van der Waals surface area contributed by atoms with Crippen molar-refractivity contribution in [1.82, 2.24) is 4.31 Å². The Morgan fingerprint density at radius 2 is 2.00 bits per heavy atom. The molecule has 1 atom stereocenters. The number of benzene rings is 1. The Labute approximate surface area is 114 Å². The molecule has 1 aromatic rings. The van der Waals surface area contributed by atoms with Gasteiger partial charge in [0.1, 0.15) is 16.5 Å². The lowest BCUT2D eigenvalue weighted by atomic mass is 10.1. The molecule has 1 heterocycles. The molecule has 0 spiro atoms. The van der Waals surface area contributed by atoms with E-state index >= 15 is 0 Å². The lowest BCUT2D eigenvalue weighted by Gasteiger charge is -2.16. The minimum Gasteiger partial charge on any atom is -0.481 e. The third kappa shape index (κ3) is 2.53. The summed E-state index contributed by atoms with van der Waals surface area (Å²) in [6.45, 7) is 1.08. The van der Waals surface area contributed by atoms with Gasteiger partial charge < -0.3 is 5.11 Å². The van der Waals surface area contributed by atoms with Crippen molar-refractivity contribution < 1.29 is 27.1 Å². The first-order valence-electron chi connectivity index (χ1n) is 5.92. The molecule has 110 valence electrons. The van der Waals surface area contributed by atoms with Crippen molar-refractivity contribution in [3.8, 4) is 0 Å². The summed E-state index contributed by atoms with van der Waals surface area (Å²) >= 11 is 0. The molecule has 1 aromatic carbocycles. The molecule has 0 bridgehead atoms. The van der Waals surface area contributed by atoms with Crippen molar-refractivity contribution in [3.63, 3.8) is 0 Å². The predicted molar refractivity (Wildman–Crippen MR) is 65.6 cm³/mol. The summed E-state index contributed by atoms with van der Waals surface area (Å²) in [6, 6.07) is 1.45. The number of hydrogen-bond acceptors (Lipinski definition) is 3. The van der Waals surface area contributed by atoms with Crippen molar-refractivity contribution in [2.45, 2.75) is 18.2 Å². The van der Waals surface area contributed by atoms with E-state index in [0.29, 0.717) is 6.07 Å². The molecule has 1 aliphatic rings. The number of nitrogens with zero attached hydrogens (tertiary/aromatic N) is 1. The van der Waals surface area contributed by atoms with Gasteiger partial charge in [-0.15, -0.1) is 0 Å². The maximum atomic E-state index is 13.7. The van der Waals surface area contributed by atoms with E-state index in [-0.39, 0.29) is 25.1 Å². The summed E-state index contributed by atoms with van der Waals surface area (Å²) in [5.74, 6) is -3.77. The van der Waals surface area contributed by atoms with Crippen LogP contribution in [0, 0.1) is 24.5 Å². The van der Waals surface area contributed by atoms with Crippen LogP contribution >= 0.6 is 0 Å². The molecule has 1 N–H and O–H groups in total. The van der Waals surface area contributed by atoms with Gasteiger partial charge in [0.15, 0.2) is 0 Å². The lowest BCUT2D eigenvalue weighted by Crippen LogP contribution is -2.30. The zero-order valence-corrected chi connectivity index (χ0v) is 11.5. The number of carboxylic acid groups (broad SMARTS) is 1. The molecule has 0 amide bonds. The van der Waals surface area contributed by atoms with Crippen LogP contribution in [-0.2, 0) is 14.8 Å². The maximum Gasteiger partial charge on any atom is 0.307 e. The van der Waals surface area contributed by atoms with Gasteiger partial charge in [0, 0.05) is 13.1 Å². The van der Waals surface area contributed by atoms with Crippen molar-refractivity contribution in [1.29, 1.82) is 0 Å². The third-order valence-electron chi connectivity index (χ3n) is 3.33. The van der Waals surface area contributed by atoms with Gasteiger partial charge in [-0.2, -0.15) is 4.31 Å². The Bertz CT molecular complexity index is 660. The largest absolute Gasteiger partial charge is 0.481 e. The molecule has 1 aliphatic heterocycles. The Hall–Kier alpha value is -1.54. The monoisotopic (exact) mass is 305 g/mol. The zero-order valence-electron chi connectivity index (χ0n) is 10.6. The average Bonchev–Trinajstić information content (AvgIpc) is 2.83. The molecule has 0 saturated carbocycles. The van der Waals surface area contributed by atoms with Gasteiger partial charge in [0.2, 0.25) is 10.0 Å². The molecule has 20 heavy (non-hydrogen) atoms. The number of halogens is 2. The summed E-state index contributed by atoms with van der Waals surface area (Å²) in [7, 11) is -4.22. The molecule has 8 heteroatoms. The van der Waals surface area contributed by atoms with Gasteiger partial charge in [-0.05, 0) is 31.0 Å². The second-order valence-electron chi connectivity index (χ2n) is 4.72. The molecular formula is C12H13F2NO4S. The van der Waals surface area contributed by atoms with Gasteiger partial charge >= 0.3 is 5.97 Å². The highest BCUT2D eigenvalue weighted by Crippen LogP contribution is 2.27. The van der Waals surface area contributed by atoms with Crippen LogP contribution in [0.2, 0.25) is 0 Å². The molecule has 0 aliphatic carbocycles. The highest BCUT2D eigenvalue weighted by atomic mass is 32.2. The molecule has 5 nitrogen and oxygen atoms in total. The smallest absolute Gasteiger partial charge is 0.307 e. The Morgan fingerprint density at radius 1 is 1.35 bits per heavy atom. The van der Waals surface area contributed by atoms with Gasteiger partial charge in [-0.3, -0.25) is 4.79 Å². The van der Waals surface area contributed by atoms with Crippen LogP contribution in [0.3, 0.4) is 0 Å². The zero-order chi connectivity index (χ0) is 15.1. The fourth-order valence-corrected chi connectivity index (χ4v) is 3.67. The van der Waals surface area contributed by atoms with Crippen LogP contribution < -0.4 is 0 Å². The van der Waals surface area contributed by atoms with Gasteiger partial charge in [0.05, 0.1) is 5.92 Å². The van der Waals surface area contributed by atoms with Crippen LogP contribution in [0.15, 0.2) is 17.0 Å². The van der Waals surface area contributed by atoms with Crippen molar-refractivity contribution in [2.24, 2.45) is 5.92 Å². The molecule has 0 radical (unpaired) electrons. The predicted octanol–water partition coefficient (Wildman–Crippen LogP) is 1.37. The molecule has 0 aromatic heterocycles. The summed E-state index contributed by atoms with van der Waals surface area (Å²) < 4.78 is 52.5. The fraction of sp³-hybridized carbons (Fsp3) is 0.417. The molecule has 1 fully saturated rings. The molecule has 1 unspecified atom stereocenters. The summed E-state index contributed by atoms with van der Waals surface area (Å²) in [6.07, 6.45) is 0.157. The summed E-state index contributed by atoms with van der Waals surface area (Å²) in [5.41, 5.74) is 0.00582. The number of rotatable bonds is 3. The van der Waals surface area contributed by atoms with Crippen LogP contribution in [0.25, 0.3) is 0 Å². The number of aliphatic carboxylic acids is 1. The first kappa shape index (κ1) is 14.9. The van der Waals surface area contributed by atoms with Crippen molar-refractivity contribution in [2.75, 3.05) is 13.1 Å². The topological polar surface area (TPSA) is 74.7 Å². The minimum absolute atomic E-state index is 0.00582. The second-order valence-corrected chi connectivity index (χ2v) is 6.63. The first-order chi connectivity index (χ1) is 9.23. The van der Waals surface area contributed by atoms with E-state index in [1.807, 2.05) is 0 Å². The van der Waals surface area contributed by atoms with Gasteiger partial charge in [0.25, 0.3) is 0 Å². The lowest BCUT2D eigenvalue weighted by molar-refractivity contribution is -0.141. The number of sulfonamides is 1. The summed E-state index contributed by atoms with van der Waals surface area (Å²) in [5, 5.41) is 8.85. The van der Waals surface area contributed by atoms with Crippen LogP contribution in [0.4, 0.5) is 8.78 Å². The molecule has 1 saturated heterocycles. The maximum absolute atomic E-state index is 13.7. The van der Waals surface area contributed by atoms with E-state index in [1.54, 1.807) is 0 Å². The van der Waals surface area contributed by atoms with Crippen molar-refractivity contribution >= 4 is 16.0 Å². The number of carboxylic acids is 1. The van der Waals surface area contributed by atoms with Gasteiger partial charge in [-0.1, -0.05) is 0 Å².